The molecule has 58 heavy (non-hydrogen) atoms. The number of nitrogens with two attached hydrogens (primary N) is 1. The SMILES string of the molecule is CCCCC/C=C/C/C=C/C/C=C/C/C=C/CCCC(=O)OC[C@H](COP(=O)(O)OC[C@H](N)C(=O)O)OC(=O)CCCCCCCCCCC/C=C/CCCCCC. The summed E-state index contributed by atoms with van der Waals surface area (Å²) >= 11 is 0. The molecule has 0 spiro atoms. The first kappa shape index (κ1) is 55.2. The van der Waals surface area contributed by atoms with Crippen LogP contribution in [0.2, 0.25) is 0 Å². The standard InChI is InChI=1S/C46H80NO10P/c1-3-5-7-9-11-13-15-17-19-21-23-25-27-29-31-33-35-37-44(48)54-39-42(40-55-58(52,53)56-41-43(47)46(50)51)57-45(49)38-36-34-32-30-28-26-24-22-20-18-16-14-12-10-8-6-4-2/h11,13-14,16-17,19,23,25,29,31,42-43H,3-10,12,15,18,20-22,24,26-28,30,32-41,47H2,1-2H3,(H,50,51)(H,52,53)/b13-11+,16-14+,19-17+,25-23+,31-29+/t42-,43+/m1/s1. The highest BCUT2D eigenvalue weighted by molar-refractivity contribution is 7.47. The molecular weight excluding hydrogens is 757 g/mol. The predicted octanol–water partition coefficient (Wildman–Crippen LogP) is 12.0. The van der Waals surface area contributed by atoms with Gasteiger partial charge >= 0.3 is 25.7 Å². The van der Waals surface area contributed by atoms with E-state index in [9.17, 15) is 23.8 Å². The number of carbonyl (C=O) groups excluding carboxylic acids is 2. The summed E-state index contributed by atoms with van der Waals surface area (Å²) in [7, 11) is -4.73. The monoisotopic (exact) mass is 838 g/mol. The molecule has 0 radical (unpaired) electrons. The third kappa shape index (κ3) is 40.0. The Kier molecular flexibility index (Phi) is 38.9. The third-order valence-corrected chi connectivity index (χ3v) is 10.2. The number of rotatable bonds is 41. The zero-order valence-corrected chi connectivity index (χ0v) is 37.0. The minimum absolute atomic E-state index is 0.144. The van der Waals surface area contributed by atoms with Crippen LogP contribution >= 0.6 is 7.82 Å². The van der Waals surface area contributed by atoms with Gasteiger partial charge in [-0.05, 0) is 77.0 Å². The van der Waals surface area contributed by atoms with Crippen LogP contribution in [0.25, 0.3) is 0 Å². The van der Waals surface area contributed by atoms with E-state index in [0.29, 0.717) is 19.3 Å². The van der Waals surface area contributed by atoms with Crippen molar-refractivity contribution in [2.24, 2.45) is 5.73 Å². The second-order valence-corrected chi connectivity index (χ2v) is 16.3. The number of esters is 2. The van der Waals surface area contributed by atoms with Crippen molar-refractivity contribution in [1.82, 2.24) is 0 Å². The number of carboxylic acid groups (broad SMARTS) is 1. The van der Waals surface area contributed by atoms with Gasteiger partial charge in [-0.1, -0.05) is 152 Å². The van der Waals surface area contributed by atoms with Gasteiger partial charge in [0.05, 0.1) is 13.2 Å². The van der Waals surface area contributed by atoms with Crippen LogP contribution in [0, 0.1) is 0 Å². The molecule has 0 saturated heterocycles. The number of hydrogen-bond donors (Lipinski definition) is 3. The molecule has 0 saturated carbocycles. The highest BCUT2D eigenvalue weighted by atomic mass is 31.2. The van der Waals surface area contributed by atoms with E-state index < -0.39 is 51.1 Å². The number of aliphatic carboxylic acids is 1. The maximum Gasteiger partial charge on any atom is 0.472 e. The van der Waals surface area contributed by atoms with Crippen molar-refractivity contribution in [2.45, 2.75) is 193 Å². The maximum absolute atomic E-state index is 12.6. The quantitative estimate of drug-likeness (QED) is 0.0231. The van der Waals surface area contributed by atoms with E-state index in [-0.39, 0.29) is 19.4 Å². The summed E-state index contributed by atoms with van der Waals surface area (Å²) in [6.45, 7) is 2.70. The fourth-order valence-corrected chi connectivity index (χ4v) is 6.48. The van der Waals surface area contributed by atoms with Gasteiger partial charge in [0.15, 0.2) is 6.10 Å². The van der Waals surface area contributed by atoms with Gasteiger partial charge in [0.2, 0.25) is 0 Å². The van der Waals surface area contributed by atoms with Crippen molar-refractivity contribution in [1.29, 1.82) is 0 Å². The van der Waals surface area contributed by atoms with Gasteiger partial charge < -0.3 is 25.2 Å². The molecular formula is C46H80NO10P. The Morgan fingerprint density at radius 1 is 0.534 bits per heavy atom. The molecule has 11 nitrogen and oxygen atoms in total. The average molecular weight is 838 g/mol. The number of unbranched alkanes of at least 4 members (excludes halogenated alkanes) is 17. The summed E-state index contributed by atoms with van der Waals surface area (Å²) < 4.78 is 32.7. The Hall–Kier alpha value is -2.82. The molecule has 0 amide bonds. The average Bonchev–Trinajstić information content (AvgIpc) is 3.20. The second-order valence-electron chi connectivity index (χ2n) is 14.8. The lowest BCUT2D eigenvalue weighted by Gasteiger charge is -2.20. The first-order valence-electron chi connectivity index (χ1n) is 22.3. The molecule has 1 unspecified atom stereocenters. The van der Waals surface area contributed by atoms with Gasteiger partial charge in [0.25, 0.3) is 0 Å². The lowest BCUT2D eigenvalue weighted by molar-refractivity contribution is -0.161. The Labute approximate surface area is 351 Å². The molecule has 4 N–H and O–H groups in total. The third-order valence-electron chi connectivity index (χ3n) is 9.24. The Morgan fingerprint density at radius 3 is 1.47 bits per heavy atom. The Bertz CT molecular complexity index is 1210. The number of allylic oxidation sites excluding steroid dienone is 10. The number of carbonyl (C=O) groups is 3. The summed E-state index contributed by atoms with van der Waals surface area (Å²) in [6, 6.07) is -1.53. The van der Waals surface area contributed by atoms with Crippen LogP contribution < -0.4 is 5.73 Å². The number of hydrogen-bond acceptors (Lipinski definition) is 9. The number of ether oxygens (including phenoxy) is 2. The topological polar surface area (TPSA) is 172 Å². The molecule has 0 rings (SSSR count). The second kappa shape index (κ2) is 40.9. The first-order valence-corrected chi connectivity index (χ1v) is 23.8. The molecule has 12 heteroatoms. The molecule has 0 aromatic rings. The van der Waals surface area contributed by atoms with Crippen LogP contribution in [-0.2, 0) is 37.5 Å². The smallest absolute Gasteiger partial charge is 0.472 e. The van der Waals surface area contributed by atoms with Crippen molar-refractivity contribution in [3.8, 4) is 0 Å². The van der Waals surface area contributed by atoms with Crippen LogP contribution in [0.3, 0.4) is 0 Å². The lowest BCUT2D eigenvalue weighted by atomic mass is 10.1. The Balaban J connectivity index is 4.44. The van der Waals surface area contributed by atoms with Gasteiger partial charge in [-0.25, -0.2) is 4.57 Å². The van der Waals surface area contributed by atoms with Crippen LogP contribution in [0.5, 0.6) is 0 Å². The first-order chi connectivity index (χ1) is 28.1. The van der Waals surface area contributed by atoms with Gasteiger partial charge in [0, 0.05) is 12.8 Å². The van der Waals surface area contributed by atoms with E-state index in [0.717, 1.165) is 44.9 Å². The molecule has 0 aliphatic heterocycles. The van der Waals surface area contributed by atoms with Crippen molar-refractivity contribution in [3.63, 3.8) is 0 Å². The van der Waals surface area contributed by atoms with Gasteiger partial charge in [0.1, 0.15) is 12.6 Å². The minimum atomic E-state index is -4.73. The Morgan fingerprint density at radius 2 is 0.931 bits per heavy atom. The van der Waals surface area contributed by atoms with Gasteiger partial charge in [-0.2, -0.15) is 0 Å². The zero-order chi connectivity index (χ0) is 42.8. The summed E-state index contributed by atoms with van der Waals surface area (Å²) in [5.74, 6) is -2.46. The largest absolute Gasteiger partial charge is 0.480 e. The maximum atomic E-state index is 12.6. The molecule has 334 valence electrons. The van der Waals surface area contributed by atoms with Crippen LogP contribution in [0.4, 0.5) is 0 Å². The van der Waals surface area contributed by atoms with E-state index in [1.54, 1.807) is 0 Å². The number of carboxylic acids is 1. The predicted molar refractivity (Wildman–Crippen MR) is 235 cm³/mol. The molecule has 0 aromatic heterocycles. The van der Waals surface area contributed by atoms with Crippen molar-refractivity contribution in [3.05, 3.63) is 60.8 Å². The molecule has 3 atom stereocenters. The summed E-state index contributed by atoms with van der Waals surface area (Å²) in [5, 5.41) is 8.89. The van der Waals surface area contributed by atoms with Crippen LogP contribution in [-0.4, -0.2) is 59.9 Å². The van der Waals surface area contributed by atoms with Gasteiger partial charge in [-0.15, -0.1) is 0 Å². The summed E-state index contributed by atoms with van der Waals surface area (Å²) in [5.41, 5.74) is 5.33. The van der Waals surface area contributed by atoms with Crippen LogP contribution in [0.15, 0.2) is 60.8 Å². The highest BCUT2D eigenvalue weighted by Crippen LogP contribution is 2.43. The van der Waals surface area contributed by atoms with Crippen molar-refractivity contribution >= 4 is 25.7 Å². The van der Waals surface area contributed by atoms with E-state index >= 15 is 0 Å². The number of phosphoric acid groups is 1. The van der Waals surface area contributed by atoms with Gasteiger partial charge in [-0.3, -0.25) is 23.4 Å². The highest BCUT2D eigenvalue weighted by Gasteiger charge is 2.28. The zero-order valence-electron chi connectivity index (χ0n) is 36.1. The van der Waals surface area contributed by atoms with Crippen molar-refractivity contribution < 1.29 is 47.5 Å². The van der Waals surface area contributed by atoms with Crippen LogP contribution in [0.1, 0.15) is 181 Å². The normalized spacial score (nSPS) is 14.3. The number of phosphoric ester groups is 1. The molecule has 0 bridgehead atoms. The van der Waals surface area contributed by atoms with Crippen molar-refractivity contribution in [2.75, 3.05) is 19.8 Å². The fraction of sp³-hybridized carbons (Fsp3) is 0.717. The van der Waals surface area contributed by atoms with E-state index in [4.69, 9.17) is 24.8 Å². The summed E-state index contributed by atoms with van der Waals surface area (Å²) in [4.78, 5) is 46.0. The molecule has 0 aliphatic carbocycles. The molecule has 0 heterocycles. The minimum Gasteiger partial charge on any atom is -0.480 e. The molecule has 0 fully saturated rings. The van der Waals surface area contributed by atoms with E-state index in [2.05, 4.69) is 67.0 Å². The summed E-state index contributed by atoms with van der Waals surface area (Å²) in [6.07, 6.45) is 47.1. The van der Waals surface area contributed by atoms with E-state index in [1.807, 2.05) is 12.2 Å². The fourth-order valence-electron chi connectivity index (χ4n) is 5.70. The molecule has 0 aromatic carbocycles. The lowest BCUT2D eigenvalue weighted by Crippen LogP contribution is -2.34. The van der Waals surface area contributed by atoms with E-state index in [1.165, 1.54) is 89.9 Å². The molecule has 0 aliphatic rings.